The lowest BCUT2D eigenvalue weighted by Gasteiger charge is -2.09. The SMILES string of the molecule is Cc1nn(C)c(C)c1S(=O)(=O)Nc1c(C(=O)O)cnn1C. The van der Waals surface area contributed by atoms with E-state index in [-0.39, 0.29) is 16.3 Å². The lowest BCUT2D eigenvalue weighted by molar-refractivity contribution is 0.0698. The summed E-state index contributed by atoms with van der Waals surface area (Å²) in [5.74, 6) is -1.37. The fraction of sp³-hybridized carbons (Fsp3) is 0.364. The van der Waals surface area contributed by atoms with Gasteiger partial charge in [0.15, 0.2) is 5.82 Å². The molecular weight excluding hydrogens is 298 g/mol. The van der Waals surface area contributed by atoms with Gasteiger partial charge in [0, 0.05) is 14.1 Å². The Bertz CT molecular complexity index is 818. The van der Waals surface area contributed by atoms with Crippen LogP contribution in [-0.4, -0.2) is 39.1 Å². The van der Waals surface area contributed by atoms with Gasteiger partial charge < -0.3 is 5.11 Å². The van der Waals surface area contributed by atoms with Gasteiger partial charge in [-0.2, -0.15) is 10.2 Å². The maximum absolute atomic E-state index is 12.5. The van der Waals surface area contributed by atoms with E-state index in [0.717, 1.165) is 10.9 Å². The van der Waals surface area contributed by atoms with E-state index in [1.807, 2.05) is 0 Å². The van der Waals surface area contributed by atoms with Crippen molar-refractivity contribution in [2.75, 3.05) is 4.72 Å². The second-order valence-electron chi connectivity index (χ2n) is 4.56. The smallest absolute Gasteiger partial charge is 0.341 e. The highest BCUT2D eigenvalue weighted by Gasteiger charge is 2.27. The summed E-state index contributed by atoms with van der Waals surface area (Å²) in [6.45, 7) is 3.19. The average Bonchev–Trinajstić information content (AvgIpc) is 2.81. The number of carboxylic acids is 1. The molecule has 0 bridgehead atoms. The molecule has 9 nitrogen and oxygen atoms in total. The Kier molecular flexibility index (Phi) is 3.49. The Morgan fingerprint density at radius 1 is 1.29 bits per heavy atom. The van der Waals surface area contributed by atoms with Gasteiger partial charge in [-0.05, 0) is 13.8 Å². The highest BCUT2D eigenvalue weighted by molar-refractivity contribution is 7.92. The minimum atomic E-state index is -3.96. The van der Waals surface area contributed by atoms with Crippen molar-refractivity contribution in [2.45, 2.75) is 18.7 Å². The molecule has 2 rings (SSSR count). The Morgan fingerprint density at radius 2 is 1.90 bits per heavy atom. The van der Waals surface area contributed by atoms with Crippen molar-refractivity contribution >= 4 is 21.8 Å². The third-order valence-corrected chi connectivity index (χ3v) is 4.70. The third kappa shape index (κ3) is 2.49. The minimum Gasteiger partial charge on any atom is -0.477 e. The largest absolute Gasteiger partial charge is 0.477 e. The fourth-order valence-corrected chi connectivity index (χ4v) is 3.59. The molecule has 10 heteroatoms. The Morgan fingerprint density at radius 3 is 2.38 bits per heavy atom. The zero-order chi connectivity index (χ0) is 15.9. The van der Waals surface area contributed by atoms with E-state index in [1.54, 1.807) is 20.9 Å². The van der Waals surface area contributed by atoms with Gasteiger partial charge in [0.2, 0.25) is 0 Å². The predicted octanol–water partition coefficient (Wildman–Crippen LogP) is 0.269. The molecule has 2 aromatic heterocycles. The van der Waals surface area contributed by atoms with Crippen LogP contribution >= 0.6 is 0 Å². The van der Waals surface area contributed by atoms with Crippen molar-refractivity contribution in [3.05, 3.63) is 23.1 Å². The lowest BCUT2D eigenvalue weighted by atomic mass is 10.3. The van der Waals surface area contributed by atoms with Gasteiger partial charge in [-0.15, -0.1) is 0 Å². The molecule has 0 atom stereocenters. The van der Waals surface area contributed by atoms with Gasteiger partial charge in [-0.25, -0.2) is 13.2 Å². The van der Waals surface area contributed by atoms with E-state index >= 15 is 0 Å². The first kappa shape index (κ1) is 15.0. The first-order valence-corrected chi connectivity index (χ1v) is 7.41. The van der Waals surface area contributed by atoms with Crippen LogP contribution in [-0.2, 0) is 24.1 Å². The first-order valence-electron chi connectivity index (χ1n) is 5.93. The van der Waals surface area contributed by atoms with Crippen LogP contribution in [0.4, 0.5) is 5.82 Å². The molecule has 114 valence electrons. The summed E-state index contributed by atoms with van der Waals surface area (Å²) >= 11 is 0. The quantitative estimate of drug-likeness (QED) is 0.836. The van der Waals surface area contributed by atoms with E-state index in [9.17, 15) is 13.2 Å². The van der Waals surface area contributed by atoms with Gasteiger partial charge in [-0.3, -0.25) is 14.1 Å². The van der Waals surface area contributed by atoms with Crippen molar-refractivity contribution in [3.8, 4) is 0 Å². The molecule has 0 aliphatic heterocycles. The molecule has 0 saturated heterocycles. The monoisotopic (exact) mass is 313 g/mol. The highest BCUT2D eigenvalue weighted by atomic mass is 32.2. The third-order valence-electron chi connectivity index (χ3n) is 3.11. The zero-order valence-corrected chi connectivity index (χ0v) is 12.8. The fourth-order valence-electron chi connectivity index (χ4n) is 2.04. The number of nitrogens with one attached hydrogen (secondary N) is 1. The maximum Gasteiger partial charge on any atom is 0.341 e. The molecule has 21 heavy (non-hydrogen) atoms. The van der Waals surface area contributed by atoms with Crippen LogP contribution in [0.3, 0.4) is 0 Å². The van der Waals surface area contributed by atoms with Gasteiger partial charge >= 0.3 is 5.97 Å². The molecule has 0 radical (unpaired) electrons. The molecule has 0 aliphatic carbocycles. The first-order chi connectivity index (χ1) is 9.65. The zero-order valence-electron chi connectivity index (χ0n) is 11.9. The summed E-state index contributed by atoms with van der Waals surface area (Å²) in [6.07, 6.45) is 1.09. The van der Waals surface area contributed by atoms with Crippen molar-refractivity contribution in [1.82, 2.24) is 19.6 Å². The van der Waals surface area contributed by atoms with E-state index in [0.29, 0.717) is 11.4 Å². The molecule has 0 aromatic carbocycles. The van der Waals surface area contributed by atoms with Crippen LogP contribution in [0.2, 0.25) is 0 Å². The number of hydrogen-bond donors (Lipinski definition) is 2. The number of carboxylic acid groups (broad SMARTS) is 1. The van der Waals surface area contributed by atoms with Crippen molar-refractivity contribution in [2.24, 2.45) is 14.1 Å². The van der Waals surface area contributed by atoms with Crippen LogP contribution in [0, 0.1) is 13.8 Å². The normalized spacial score (nSPS) is 11.6. The number of carbonyl (C=O) groups is 1. The molecule has 0 fully saturated rings. The van der Waals surface area contributed by atoms with Crippen LogP contribution in [0.25, 0.3) is 0 Å². The number of anilines is 1. The lowest BCUT2D eigenvalue weighted by Crippen LogP contribution is -2.18. The summed E-state index contributed by atoms with van der Waals surface area (Å²) < 4.78 is 29.8. The Balaban J connectivity index is 2.53. The highest BCUT2D eigenvalue weighted by Crippen LogP contribution is 2.23. The standard InChI is InChI=1S/C11H15N5O4S/c1-6-9(7(2)15(3)13-6)21(19,20)14-10-8(11(17)18)5-12-16(10)4/h5,14H,1-4H3,(H,17,18). The second kappa shape index (κ2) is 4.88. The number of aromatic carboxylic acids is 1. The summed E-state index contributed by atoms with van der Waals surface area (Å²) in [6, 6.07) is 0. The number of hydrogen-bond acceptors (Lipinski definition) is 5. The summed E-state index contributed by atoms with van der Waals surface area (Å²) in [4.78, 5) is 11.1. The van der Waals surface area contributed by atoms with Crippen LogP contribution in [0.1, 0.15) is 21.7 Å². The number of aromatic nitrogens is 4. The van der Waals surface area contributed by atoms with E-state index in [1.165, 1.54) is 11.7 Å². The Hall–Kier alpha value is -2.36. The number of nitrogens with zero attached hydrogens (tertiary/aromatic N) is 4. The van der Waals surface area contributed by atoms with Crippen molar-refractivity contribution in [1.29, 1.82) is 0 Å². The van der Waals surface area contributed by atoms with Gasteiger partial charge in [-0.1, -0.05) is 0 Å². The molecular formula is C11H15N5O4S. The Labute approximate surface area is 121 Å². The molecule has 0 aliphatic rings. The molecule has 0 spiro atoms. The number of aryl methyl sites for hydroxylation is 3. The molecule has 2 N–H and O–H groups in total. The van der Waals surface area contributed by atoms with Crippen molar-refractivity contribution in [3.63, 3.8) is 0 Å². The predicted molar refractivity (Wildman–Crippen MR) is 73.7 cm³/mol. The number of rotatable bonds is 4. The van der Waals surface area contributed by atoms with Gasteiger partial charge in [0.1, 0.15) is 10.5 Å². The average molecular weight is 313 g/mol. The molecule has 2 heterocycles. The molecule has 2 aromatic rings. The van der Waals surface area contributed by atoms with E-state index < -0.39 is 16.0 Å². The summed E-state index contributed by atoms with van der Waals surface area (Å²) in [5, 5.41) is 16.9. The summed E-state index contributed by atoms with van der Waals surface area (Å²) in [5.41, 5.74) is 0.570. The second-order valence-corrected chi connectivity index (χ2v) is 6.18. The molecule has 0 amide bonds. The number of sulfonamides is 1. The van der Waals surface area contributed by atoms with Crippen molar-refractivity contribution < 1.29 is 18.3 Å². The topological polar surface area (TPSA) is 119 Å². The molecule has 0 unspecified atom stereocenters. The van der Waals surface area contributed by atoms with E-state index in [2.05, 4.69) is 14.9 Å². The van der Waals surface area contributed by atoms with Crippen LogP contribution in [0.15, 0.2) is 11.1 Å². The summed E-state index contributed by atoms with van der Waals surface area (Å²) in [7, 11) is -0.875. The maximum atomic E-state index is 12.5. The van der Waals surface area contributed by atoms with Crippen LogP contribution < -0.4 is 4.72 Å². The van der Waals surface area contributed by atoms with Crippen LogP contribution in [0.5, 0.6) is 0 Å². The molecule has 0 saturated carbocycles. The van der Waals surface area contributed by atoms with E-state index in [4.69, 9.17) is 5.11 Å². The minimum absolute atomic E-state index is 0.0301. The van der Waals surface area contributed by atoms with Gasteiger partial charge in [0.25, 0.3) is 10.0 Å². The van der Waals surface area contributed by atoms with Gasteiger partial charge in [0.05, 0.1) is 17.6 Å².